The Labute approximate surface area is 107 Å². The molecule has 0 aliphatic rings. The molecule has 0 saturated carbocycles. The molecule has 0 saturated heterocycles. The van der Waals surface area contributed by atoms with E-state index in [-0.39, 0.29) is 0 Å². The molecule has 2 N–H and O–H groups in total. The second kappa shape index (κ2) is 5.64. The Morgan fingerprint density at radius 3 is 2.56 bits per heavy atom. The normalized spacial score (nSPS) is 10.6. The molecule has 5 nitrogen and oxygen atoms in total. The number of nitrogens with zero attached hydrogens (tertiary/aromatic N) is 3. The fourth-order valence-electron chi connectivity index (χ4n) is 1.81. The molecule has 0 bridgehead atoms. The number of hydrogen-bond acceptors (Lipinski definition) is 4. The summed E-state index contributed by atoms with van der Waals surface area (Å²) in [7, 11) is 0. The highest BCUT2D eigenvalue weighted by atomic mass is 16.5. The van der Waals surface area contributed by atoms with Gasteiger partial charge in [0, 0.05) is 12.7 Å². The molecule has 1 aromatic heterocycles. The molecular formula is C13H18N4O. The highest BCUT2D eigenvalue weighted by Gasteiger charge is 2.00. The first kappa shape index (κ1) is 12.6. The van der Waals surface area contributed by atoms with E-state index in [0.717, 1.165) is 11.4 Å². The van der Waals surface area contributed by atoms with Crippen LogP contribution >= 0.6 is 0 Å². The smallest absolute Gasteiger partial charge is 0.119 e. The van der Waals surface area contributed by atoms with Crippen molar-refractivity contribution in [2.75, 3.05) is 6.61 Å². The maximum Gasteiger partial charge on any atom is 0.119 e. The largest absolute Gasteiger partial charge is 0.492 e. The topological polar surface area (TPSA) is 66.0 Å². The summed E-state index contributed by atoms with van der Waals surface area (Å²) in [4.78, 5) is 0. The third-order valence-electron chi connectivity index (χ3n) is 2.58. The van der Waals surface area contributed by atoms with Gasteiger partial charge in [0.25, 0.3) is 0 Å². The second-order valence-electron chi connectivity index (χ2n) is 4.35. The van der Waals surface area contributed by atoms with Crippen LogP contribution in [0.3, 0.4) is 0 Å². The number of aryl methyl sites for hydroxylation is 2. The first-order valence-electron chi connectivity index (χ1n) is 5.97. The molecule has 0 aliphatic heterocycles. The molecule has 0 amide bonds. The summed E-state index contributed by atoms with van der Waals surface area (Å²) in [5.74, 6) is 0.895. The van der Waals surface area contributed by atoms with Crippen molar-refractivity contribution < 1.29 is 4.74 Å². The van der Waals surface area contributed by atoms with Crippen LogP contribution in [0.1, 0.15) is 16.8 Å². The van der Waals surface area contributed by atoms with Crippen LogP contribution in [0.25, 0.3) is 0 Å². The van der Waals surface area contributed by atoms with Gasteiger partial charge in [0.05, 0.1) is 12.2 Å². The van der Waals surface area contributed by atoms with Crippen LogP contribution in [0.5, 0.6) is 5.75 Å². The number of aromatic nitrogens is 3. The second-order valence-corrected chi connectivity index (χ2v) is 4.35. The third kappa shape index (κ3) is 3.30. The van der Waals surface area contributed by atoms with E-state index in [1.165, 1.54) is 11.1 Å². The van der Waals surface area contributed by atoms with E-state index >= 15 is 0 Å². The molecule has 0 radical (unpaired) electrons. The van der Waals surface area contributed by atoms with Gasteiger partial charge in [-0.3, -0.25) is 0 Å². The first-order chi connectivity index (χ1) is 8.67. The van der Waals surface area contributed by atoms with Gasteiger partial charge in [-0.25, -0.2) is 4.68 Å². The monoisotopic (exact) mass is 246 g/mol. The molecule has 2 rings (SSSR count). The minimum absolute atomic E-state index is 0.415. The van der Waals surface area contributed by atoms with Crippen molar-refractivity contribution in [3.8, 4) is 5.75 Å². The van der Waals surface area contributed by atoms with Gasteiger partial charge in [0.2, 0.25) is 0 Å². The average molecular weight is 246 g/mol. The van der Waals surface area contributed by atoms with Crippen LogP contribution < -0.4 is 10.5 Å². The van der Waals surface area contributed by atoms with Crippen molar-refractivity contribution in [3.05, 3.63) is 41.2 Å². The van der Waals surface area contributed by atoms with Gasteiger partial charge in [-0.05, 0) is 37.1 Å². The first-order valence-corrected chi connectivity index (χ1v) is 5.97. The summed E-state index contributed by atoms with van der Waals surface area (Å²) >= 11 is 0. The van der Waals surface area contributed by atoms with Gasteiger partial charge in [-0.15, -0.1) is 5.10 Å². The van der Waals surface area contributed by atoms with Crippen molar-refractivity contribution >= 4 is 0 Å². The predicted octanol–water partition coefficient (Wildman–Crippen LogP) is 1.43. The molecule has 0 atom stereocenters. The van der Waals surface area contributed by atoms with Crippen LogP contribution in [0, 0.1) is 13.8 Å². The zero-order valence-electron chi connectivity index (χ0n) is 10.8. The minimum Gasteiger partial charge on any atom is -0.492 e. The van der Waals surface area contributed by atoms with E-state index in [2.05, 4.69) is 30.2 Å². The number of rotatable bonds is 5. The number of benzene rings is 1. The Balaban J connectivity index is 1.88. The van der Waals surface area contributed by atoms with Crippen molar-refractivity contribution in [1.82, 2.24) is 15.0 Å². The summed E-state index contributed by atoms with van der Waals surface area (Å²) in [5.41, 5.74) is 8.67. The molecule has 1 aromatic carbocycles. The summed E-state index contributed by atoms with van der Waals surface area (Å²) in [5, 5.41) is 7.88. The zero-order valence-corrected chi connectivity index (χ0v) is 10.8. The molecule has 5 heteroatoms. The quantitative estimate of drug-likeness (QED) is 0.866. The van der Waals surface area contributed by atoms with Crippen LogP contribution in [0.2, 0.25) is 0 Å². The van der Waals surface area contributed by atoms with Crippen molar-refractivity contribution in [3.63, 3.8) is 0 Å². The van der Waals surface area contributed by atoms with Crippen molar-refractivity contribution in [2.24, 2.45) is 5.73 Å². The maximum atomic E-state index is 5.69. The number of ether oxygens (including phenoxy) is 1. The van der Waals surface area contributed by atoms with E-state index in [1.54, 1.807) is 4.68 Å². The fraction of sp³-hybridized carbons (Fsp3) is 0.385. The summed E-state index contributed by atoms with van der Waals surface area (Å²) in [6.45, 7) is 5.77. The molecule has 0 aliphatic carbocycles. The Morgan fingerprint density at radius 2 is 1.94 bits per heavy atom. The highest BCUT2D eigenvalue weighted by Crippen LogP contribution is 2.16. The van der Waals surface area contributed by atoms with Crippen LogP contribution in [0.15, 0.2) is 24.4 Å². The van der Waals surface area contributed by atoms with Crippen molar-refractivity contribution in [2.45, 2.75) is 26.9 Å². The molecule has 18 heavy (non-hydrogen) atoms. The fourth-order valence-corrected chi connectivity index (χ4v) is 1.81. The van der Waals surface area contributed by atoms with Crippen LogP contribution in [0.4, 0.5) is 0 Å². The maximum absolute atomic E-state index is 5.69. The van der Waals surface area contributed by atoms with Crippen LogP contribution in [-0.2, 0) is 13.1 Å². The summed E-state index contributed by atoms with van der Waals surface area (Å²) in [6, 6.07) is 6.18. The lowest BCUT2D eigenvalue weighted by molar-refractivity contribution is 0.289. The van der Waals surface area contributed by atoms with Gasteiger partial charge in [0.1, 0.15) is 12.4 Å². The average Bonchev–Trinajstić information content (AvgIpc) is 2.76. The van der Waals surface area contributed by atoms with Gasteiger partial charge in [0.15, 0.2) is 0 Å². The minimum atomic E-state index is 0.415. The third-order valence-corrected chi connectivity index (χ3v) is 2.58. The van der Waals surface area contributed by atoms with E-state index in [9.17, 15) is 0 Å². The molecule has 0 unspecified atom stereocenters. The number of hydrogen-bond donors (Lipinski definition) is 1. The van der Waals surface area contributed by atoms with Gasteiger partial charge >= 0.3 is 0 Å². The van der Waals surface area contributed by atoms with E-state index < -0.39 is 0 Å². The van der Waals surface area contributed by atoms with E-state index in [0.29, 0.717) is 19.7 Å². The SMILES string of the molecule is Cc1cc(C)cc(OCCn2cc(CN)nn2)c1. The lowest BCUT2D eigenvalue weighted by atomic mass is 10.1. The molecular weight excluding hydrogens is 228 g/mol. The van der Waals surface area contributed by atoms with E-state index in [4.69, 9.17) is 10.5 Å². The Morgan fingerprint density at radius 1 is 1.22 bits per heavy atom. The van der Waals surface area contributed by atoms with Gasteiger partial charge in [-0.1, -0.05) is 11.3 Å². The van der Waals surface area contributed by atoms with Gasteiger partial charge < -0.3 is 10.5 Å². The lowest BCUT2D eigenvalue weighted by Gasteiger charge is -2.07. The molecule has 2 aromatic rings. The van der Waals surface area contributed by atoms with Crippen molar-refractivity contribution in [1.29, 1.82) is 0 Å². The molecule has 0 spiro atoms. The number of nitrogens with two attached hydrogens (primary N) is 1. The summed E-state index contributed by atoms with van der Waals surface area (Å²) < 4.78 is 7.44. The molecule has 0 fully saturated rings. The summed E-state index contributed by atoms with van der Waals surface area (Å²) in [6.07, 6.45) is 1.84. The lowest BCUT2D eigenvalue weighted by Crippen LogP contribution is -2.09. The Kier molecular flexibility index (Phi) is 3.94. The van der Waals surface area contributed by atoms with E-state index in [1.807, 2.05) is 18.3 Å². The standard InChI is InChI=1S/C13H18N4O/c1-10-5-11(2)7-13(6-10)18-4-3-17-9-12(8-14)15-16-17/h5-7,9H,3-4,8,14H2,1-2H3. The van der Waals surface area contributed by atoms with Gasteiger partial charge in [-0.2, -0.15) is 0 Å². The Hall–Kier alpha value is -1.88. The predicted molar refractivity (Wildman–Crippen MR) is 69.3 cm³/mol. The zero-order chi connectivity index (χ0) is 13.0. The highest BCUT2D eigenvalue weighted by molar-refractivity contribution is 5.32. The molecule has 96 valence electrons. The van der Waals surface area contributed by atoms with Crippen LogP contribution in [-0.4, -0.2) is 21.6 Å². The Bertz CT molecular complexity index is 501. The molecule has 1 heterocycles.